The van der Waals surface area contributed by atoms with E-state index >= 15 is 0 Å². The first kappa shape index (κ1) is 19.3. The molecule has 2 heterocycles. The monoisotopic (exact) mass is 381 g/mol. The van der Waals surface area contributed by atoms with Crippen molar-refractivity contribution in [3.05, 3.63) is 16.7 Å². The predicted molar refractivity (Wildman–Crippen MR) is 78.9 cm³/mol. The Hall–Kier alpha value is -2.02. The van der Waals surface area contributed by atoms with Crippen LogP contribution in [0.1, 0.15) is 6.23 Å². The Labute approximate surface area is 139 Å². The molecule has 0 aromatic carbocycles. The molecule has 5 atom stereocenters. The summed E-state index contributed by atoms with van der Waals surface area (Å²) in [5.74, 6) is -2.79. The number of anilines is 1. The van der Waals surface area contributed by atoms with Gasteiger partial charge >= 0.3 is 19.3 Å². The zero-order chi connectivity index (χ0) is 18.9. The molecule has 1 aromatic rings. The number of hydrogen-bond acceptors (Lipinski definition) is 10. The molecule has 1 saturated heterocycles. The van der Waals surface area contributed by atoms with Gasteiger partial charge in [-0.05, 0) is 0 Å². The van der Waals surface area contributed by atoms with Gasteiger partial charge in [-0.2, -0.15) is 4.98 Å². The second-order valence-electron chi connectivity index (χ2n) is 5.19. The molecule has 1 fully saturated rings. The molecule has 1 aromatic heterocycles. The van der Waals surface area contributed by atoms with Crippen molar-refractivity contribution in [1.82, 2.24) is 9.55 Å². The average molecular weight is 381 g/mol. The second-order valence-corrected chi connectivity index (χ2v) is 6.96. The molecule has 0 saturated carbocycles. The Morgan fingerprint density at radius 2 is 2.08 bits per heavy atom. The molecule has 14 heteroatoms. The number of carbonyl (C=O) groups is 1. The molecule has 0 aliphatic carbocycles. The summed E-state index contributed by atoms with van der Waals surface area (Å²) >= 11 is 0. The topological polar surface area (TPSA) is 215 Å². The highest BCUT2D eigenvalue weighted by Gasteiger charge is 2.44. The minimum atomic E-state index is -4.64. The number of nitrogens with two attached hydrogens (primary N) is 1. The van der Waals surface area contributed by atoms with Crippen LogP contribution in [0.2, 0.25) is 0 Å². The van der Waals surface area contributed by atoms with Crippen molar-refractivity contribution in [2.24, 2.45) is 0 Å². The Bertz CT molecular complexity index is 767. The zero-order valence-corrected chi connectivity index (χ0v) is 13.4. The lowest BCUT2D eigenvalue weighted by molar-refractivity contribution is -0.134. The fourth-order valence-corrected chi connectivity index (χ4v) is 3.04. The number of carboxylic acid groups (broad SMARTS) is 1. The lowest BCUT2D eigenvalue weighted by Crippen LogP contribution is -2.36. The largest absolute Gasteiger partial charge is 0.481 e. The van der Waals surface area contributed by atoms with E-state index in [4.69, 9.17) is 20.7 Å². The Morgan fingerprint density at radius 3 is 2.60 bits per heavy atom. The van der Waals surface area contributed by atoms with Crippen molar-refractivity contribution in [2.45, 2.75) is 24.5 Å². The molecular formula is C11H16N3O10P. The van der Waals surface area contributed by atoms with Gasteiger partial charge in [-0.1, -0.05) is 0 Å². The van der Waals surface area contributed by atoms with Gasteiger partial charge in [-0.15, -0.1) is 0 Å². The first-order valence-corrected chi connectivity index (χ1v) is 8.56. The van der Waals surface area contributed by atoms with E-state index in [9.17, 15) is 29.3 Å². The summed E-state index contributed by atoms with van der Waals surface area (Å²) in [6.07, 6.45) is -6.21. The van der Waals surface area contributed by atoms with Crippen LogP contribution in [0.3, 0.4) is 0 Å². The summed E-state index contributed by atoms with van der Waals surface area (Å²) in [6.45, 7) is -0.639. The number of aliphatic hydroxyl groups excluding tert-OH is 3. The zero-order valence-electron chi connectivity index (χ0n) is 12.5. The molecular weight excluding hydrogens is 365 g/mol. The summed E-state index contributed by atoms with van der Waals surface area (Å²) in [6, 6.07) is 0. The summed E-state index contributed by atoms with van der Waals surface area (Å²) in [5, 5.41) is 37.3. The van der Waals surface area contributed by atoms with Crippen LogP contribution in [0, 0.1) is 0 Å². The number of aliphatic carboxylic acids is 1. The number of aromatic nitrogens is 2. The summed E-state index contributed by atoms with van der Waals surface area (Å²) in [4.78, 5) is 35.3. The third kappa shape index (κ3) is 4.15. The van der Waals surface area contributed by atoms with Crippen LogP contribution in [0.4, 0.5) is 5.82 Å². The van der Waals surface area contributed by atoms with Gasteiger partial charge in [-0.3, -0.25) is 9.36 Å². The molecule has 2 rings (SSSR count). The Balaban J connectivity index is 2.37. The van der Waals surface area contributed by atoms with Gasteiger partial charge in [0, 0.05) is 0 Å². The summed E-state index contributed by atoms with van der Waals surface area (Å²) in [7, 11) is -4.64. The predicted octanol–water partition coefficient (Wildman–Crippen LogP) is -2.91. The fraction of sp³-hybridized carbons (Fsp3) is 0.545. The summed E-state index contributed by atoms with van der Waals surface area (Å²) < 4.78 is 22.1. The van der Waals surface area contributed by atoms with E-state index in [2.05, 4.69) is 9.51 Å². The molecule has 0 amide bonds. The van der Waals surface area contributed by atoms with Crippen molar-refractivity contribution >= 4 is 19.4 Å². The smallest absolute Gasteiger partial charge is 0.387 e. The normalized spacial score (nSPS) is 28.5. The minimum absolute atomic E-state index is 0.590. The summed E-state index contributed by atoms with van der Waals surface area (Å²) in [5.41, 5.74) is 4.38. The Morgan fingerprint density at radius 1 is 1.44 bits per heavy atom. The van der Waals surface area contributed by atoms with E-state index in [1.54, 1.807) is 0 Å². The highest BCUT2D eigenvalue weighted by Crippen LogP contribution is 2.43. The van der Waals surface area contributed by atoms with Crippen LogP contribution in [0.5, 0.6) is 5.75 Å². The number of nitrogens with zero attached hydrogens (tertiary/aromatic N) is 2. The number of nitrogen functional groups attached to an aromatic ring is 1. The molecule has 0 bridgehead atoms. The van der Waals surface area contributed by atoms with Crippen molar-refractivity contribution in [1.29, 1.82) is 0 Å². The molecule has 13 nitrogen and oxygen atoms in total. The maximum absolute atomic E-state index is 11.9. The number of carboxylic acids is 1. The molecule has 1 aliphatic rings. The highest BCUT2D eigenvalue weighted by atomic mass is 31.2. The maximum atomic E-state index is 11.9. The van der Waals surface area contributed by atoms with E-state index in [1.807, 2.05) is 0 Å². The second kappa shape index (κ2) is 7.07. The van der Waals surface area contributed by atoms with Gasteiger partial charge in [0.25, 0.3) is 0 Å². The standard InChI is InChI=1S/C11H16N3O10P/c12-9-4(24-25(21,22)3-6(16)17)1-14(11(20)13-9)10-8(19)7(18)5(2-15)23-10/h1,5,7-8,10,15,18-19H,2-3H2,(H,16,17)(H,21,22)(H2,12,13,20)/t5-,7-,8-,10-/m1/s1. The molecule has 1 unspecified atom stereocenters. The van der Waals surface area contributed by atoms with E-state index in [-0.39, 0.29) is 0 Å². The highest BCUT2D eigenvalue weighted by molar-refractivity contribution is 7.54. The van der Waals surface area contributed by atoms with Gasteiger partial charge in [0.05, 0.1) is 12.8 Å². The molecule has 25 heavy (non-hydrogen) atoms. The molecule has 0 spiro atoms. The van der Waals surface area contributed by atoms with Crippen molar-refractivity contribution in [2.75, 3.05) is 18.5 Å². The van der Waals surface area contributed by atoms with Gasteiger partial charge < -0.3 is 40.3 Å². The molecule has 7 N–H and O–H groups in total. The van der Waals surface area contributed by atoms with Crippen molar-refractivity contribution in [3.8, 4) is 5.75 Å². The lowest BCUT2D eigenvalue weighted by atomic mass is 10.1. The average Bonchev–Trinajstić information content (AvgIpc) is 2.76. The maximum Gasteiger partial charge on any atom is 0.387 e. The number of ether oxygens (including phenoxy) is 1. The quantitative estimate of drug-likeness (QED) is 0.273. The van der Waals surface area contributed by atoms with E-state index < -0.39 is 68.1 Å². The van der Waals surface area contributed by atoms with Gasteiger partial charge in [0.2, 0.25) is 0 Å². The van der Waals surface area contributed by atoms with Crippen LogP contribution < -0.4 is 15.9 Å². The van der Waals surface area contributed by atoms with Crippen LogP contribution in [0.15, 0.2) is 11.0 Å². The SMILES string of the molecule is Nc1nc(=O)n([C@@H]2O[C@H](CO)[C@@H](O)[C@H]2O)cc1OP(=O)(O)CC(=O)O. The molecule has 0 radical (unpaired) electrons. The number of hydrogen-bond donors (Lipinski definition) is 6. The first-order valence-electron chi connectivity index (χ1n) is 6.80. The molecule has 1 aliphatic heterocycles. The third-order valence-electron chi connectivity index (χ3n) is 3.31. The Kier molecular flexibility index (Phi) is 5.46. The van der Waals surface area contributed by atoms with Gasteiger partial charge in [0.1, 0.15) is 18.3 Å². The number of rotatable bonds is 6. The van der Waals surface area contributed by atoms with E-state index in [0.29, 0.717) is 4.57 Å². The first-order chi connectivity index (χ1) is 11.6. The van der Waals surface area contributed by atoms with Crippen molar-refractivity contribution < 1.29 is 43.9 Å². The minimum Gasteiger partial charge on any atom is -0.481 e. The van der Waals surface area contributed by atoms with Crippen LogP contribution in [-0.2, 0) is 14.1 Å². The lowest BCUT2D eigenvalue weighted by Gasteiger charge is -2.19. The van der Waals surface area contributed by atoms with Crippen molar-refractivity contribution in [3.63, 3.8) is 0 Å². The van der Waals surface area contributed by atoms with Crippen LogP contribution >= 0.6 is 7.60 Å². The van der Waals surface area contributed by atoms with Crippen LogP contribution in [-0.4, -0.2) is 71.9 Å². The van der Waals surface area contributed by atoms with Gasteiger partial charge in [0.15, 0.2) is 24.0 Å². The fourth-order valence-electron chi connectivity index (χ4n) is 2.18. The number of aliphatic hydroxyl groups is 3. The van der Waals surface area contributed by atoms with Crippen LogP contribution in [0.25, 0.3) is 0 Å². The van der Waals surface area contributed by atoms with E-state index in [1.165, 1.54) is 0 Å². The third-order valence-corrected chi connectivity index (χ3v) is 4.47. The molecule has 140 valence electrons. The van der Waals surface area contributed by atoms with E-state index in [0.717, 1.165) is 6.20 Å². The van der Waals surface area contributed by atoms with Gasteiger partial charge in [-0.25, -0.2) is 9.36 Å².